The zero-order valence-electron chi connectivity index (χ0n) is 12.5. The largest absolute Gasteiger partial charge is 0.307 e. The van der Waals surface area contributed by atoms with Crippen LogP contribution in [0.25, 0.3) is 0 Å². The van der Waals surface area contributed by atoms with Crippen molar-refractivity contribution >= 4 is 0 Å². The maximum Gasteiger partial charge on any atom is 0.128 e. The molecule has 1 saturated heterocycles. The van der Waals surface area contributed by atoms with E-state index in [9.17, 15) is 8.78 Å². The lowest BCUT2D eigenvalue weighted by molar-refractivity contribution is 0.157. The van der Waals surface area contributed by atoms with Crippen molar-refractivity contribution in [2.24, 2.45) is 0 Å². The predicted molar refractivity (Wildman–Crippen MR) is 77.6 cm³/mol. The van der Waals surface area contributed by atoms with Crippen molar-refractivity contribution in [1.82, 2.24) is 10.2 Å². The van der Waals surface area contributed by atoms with Gasteiger partial charge in [0.05, 0.1) is 0 Å². The van der Waals surface area contributed by atoms with Gasteiger partial charge in [-0.1, -0.05) is 0 Å². The molecule has 2 rings (SSSR count). The molecule has 0 radical (unpaired) electrons. The van der Waals surface area contributed by atoms with E-state index in [1.54, 1.807) is 0 Å². The molecule has 20 heavy (non-hydrogen) atoms. The molecule has 0 bridgehead atoms. The van der Waals surface area contributed by atoms with Gasteiger partial charge in [0.25, 0.3) is 0 Å². The predicted octanol–water partition coefficient (Wildman–Crippen LogP) is 3.49. The second-order valence-corrected chi connectivity index (χ2v) is 5.96. The van der Waals surface area contributed by atoms with Crippen molar-refractivity contribution < 1.29 is 8.78 Å². The van der Waals surface area contributed by atoms with Crippen LogP contribution in [0.4, 0.5) is 8.78 Å². The average Bonchev–Trinajstić information content (AvgIpc) is 2.42. The Bertz CT molecular complexity index is 440. The van der Waals surface area contributed by atoms with Crippen LogP contribution in [0, 0.1) is 11.6 Å². The first-order chi connectivity index (χ1) is 9.47. The summed E-state index contributed by atoms with van der Waals surface area (Å²) in [4.78, 5) is 2.45. The van der Waals surface area contributed by atoms with Crippen molar-refractivity contribution in [3.8, 4) is 0 Å². The minimum Gasteiger partial charge on any atom is -0.307 e. The smallest absolute Gasteiger partial charge is 0.128 e. The number of piperidine rings is 1. The van der Waals surface area contributed by atoms with Crippen molar-refractivity contribution in [2.75, 3.05) is 13.1 Å². The molecule has 112 valence electrons. The summed E-state index contributed by atoms with van der Waals surface area (Å²) in [5.41, 5.74) is 0.413. The van der Waals surface area contributed by atoms with Crippen LogP contribution in [0.15, 0.2) is 18.2 Å². The van der Waals surface area contributed by atoms with Crippen LogP contribution in [0.2, 0.25) is 0 Å². The van der Waals surface area contributed by atoms with Gasteiger partial charge in [-0.3, -0.25) is 0 Å². The van der Waals surface area contributed by atoms with Gasteiger partial charge in [0.1, 0.15) is 11.6 Å². The minimum atomic E-state index is -0.385. The first-order valence-corrected chi connectivity index (χ1v) is 7.42. The van der Waals surface area contributed by atoms with E-state index < -0.39 is 0 Å². The van der Waals surface area contributed by atoms with Gasteiger partial charge in [-0.2, -0.15) is 0 Å². The number of rotatable bonds is 4. The van der Waals surface area contributed by atoms with Crippen molar-refractivity contribution in [3.63, 3.8) is 0 Å². The molecule has 1 N–H and O–H groups in total. The molecule has 1 unspecified atom stereocenters. The molecule has 2 nitrogen and oxygen atoms in total. The third-order valence-electron chi connectivity index (χ3n) is 4.17. The van der Waals surface area contributed by atoms with Gasteiger partial charge in [0.15, 0.2) is 0 Å². The van der Waals surface area contributed by atoms with Crippen LogP contribution in [0.3, 0.4) is 0 Å². The summed E-state index contributed by atoms with van der Waals surface area (Å²) in [5.74, 6) is -0.726. The van der Waals surface area contributed by atoms with E-state index in [0.717, 1.165) is 32.0 Å². The monoisotopic (exact) mass is 282 g/mol. The Labute approximate surface area is 120 Å². The lowest BCUT2D eigenvalue weighted by atomic mass is 10.0. The maximum atomic E-state index is 13.7. The Morgan fingerprint density at radius 1 is 1.15 bits per heavy atom. The van der Waals surface area contributed by atoms with E-state index in [0.29, 0.717) is 17.6 Å². The summed E-state index contributed by atoms with van der Waals surface area (Å²) in [5, 5.41) is 3.43. The van der Waals surface area contributed by atoms with E-state index >= 15 is 0 Å². The fourth-order valence-electron chi connectivity index (χ4n) is 2.87. The zero-order chi connectivity index (χ0) is 14.7. The fraction of sp³-hybridized carbons (Fsp3) is 0.625. The number of hydrogen-bond acceptors (Lipinski definition) is 2. The van der Waals surface area contributed by atoms with E-state index in [2.05, 4.69) is 24.1 Å². The molecule has 1 aliphatic heterocycles. The van der Waals surface area contributed by atoms with Crippen LogP contribution >= 0.6 is 0 Å². The van der Waals surface area contributed by atoms with Crippen molar-refractivity contribution in [2.45, 2.75) is 51.7 Å². The zero-order valence-corrected chi connectivity index (χ0v) is 12.5. The second-order valence-electron chi connectivity index (χ2n) is 5.96. The van der Waals surface area contributed by atoms with E-state index in [1.165, 1.54) is 12.1 Å². The standard InChI is InChI=1S/C16H24F2N2/c1-11(2)20-8-6-14(7-9-20)19-12(3)15-10-13(17)4-5-16(15)18/h4-5,10-12,14,19H,6-9H2,1-3H3. The molecular formula is C16H24F2N2. The molecule has 0 aromatic heterocycles. The van der Waals surface area contributed by atoms with Gasteiger partial charge in [0, 0.05) is 23.7 Å². The summed E-state index contributed by atoms with van der Waals surface area (Å²) in [6, 6.07) is 4.44. The normalized spacial score (nSPS) is 19.5. The van der Waals surface area contributed by atoms with Gasteiger partial charge < -0.3 is 10.2 Å². The summed E-state index contributed by atoms with van der Waals surface area (Å²) in [6.45, 7) is 8.44. The number of benzene rings is 1. The molecule has 1 aliphatic rings. The first kappa shape index (κ1) is 15.4. The van der Waals surface area contributed by atoms with E-state index in [4.69, 9.17) is 0 Å². The third kappa shape index (κ3) is 3.76. The van der Waals surface area contributed by atoms with Crippen LogP contribution in [0.1, 0.15) is 45.2 Å². The quantitative estimate of drug-likeness (QED) is 0.909. The van der Waals surface area contributed by atoms with E-state index in [-0.39, 0.29) is 17.7 Å². The van der Waals surface area contributed by atoms with E-state index in [1.807, 2.05) is 6.92 Å². The van der Waals surface area contributed by atoms with Crippen LogP contribution < -0.4 is 5.32 Å². The molecule has 1 heterocycles. The summed E-state index contributed by atoms with van der Waals surface area (Å²) < 4.78 is 27.0. The molecule has 0 spiro atoms. The molecule has 1 aromatic carbocycles. The van der Waals surface area contributed by atoms with Crippen molar-refractivity contribution in [3.05, 3.63) is 35.4 Å². The lowest BCUT2D eigenvalue weighted by Gasteiger charge is -2.36. The third-order valence-corrected chi connectivity index (χ3v) is 4.17. The highest BCUT2D eigenvalue weighted by molar-refractivity contribution is 5.22. The maximum absolute atomic E-state index is 13.7. The molecule has 0 aliphatic carbocycles. The first-order valence-electron chi connectivity index (χ1n) is 7.42. The van der Waals surface area contributed by atoms with Crippen LogP contribution in [0.5, 0.6) is 0 Å². The topological polar surface area (TPSA) is 15.3 Å². The Balaban J connectivity index is 1.92. The molecule has 1 fully saturated rings. The molecule has 1 atom stereocenters. The highest BCUT2D eigenvalue weighted by Gasteiger charge is 2.23. The van der Waals surface area contributed by atoms with Crippen molar-refractivity contribution in [1.29, 1.82) is 0 Å². The number of likely N-dealkylation sites (tertiary alicyclic amines) is 1. The summed E-state index contributed by atoms with van der Waals surface area (Å²) >= 11 is 0. The Kier molecular flexibility index (Phi) is 5.11. The van der Waals surface area contributed by atoms with Gasteiger partial charge in [0.2, 0.25) is 0 Å². The molecule has 0 amide bonds. The Morgan fingerprint density at radius 2 is 1.80 bits per heavy atom. The minimum absolute atomic E-state index is 0.165. The number of nitrogens with zero attached hydrogens (tertiary/aromatic N) is 1. The van der Waals surface area contributed by atoms with Gasteiger partial charge >= 0.3 is 0 Å². The molecule has 4 heteroatoms. The molecule has 0 saturated carbocycles. The second kappa shape index (κ2) is 6.64. The highest BCUT2D eigenvalue weighted by Crippen LogP contribution is 2.21. The SMILES string of the molecule is CC(NC1CCN(C(C)C)CC1)c1cc(F)ccc1F. The molecule has 1 aromatic rings. The highest BCUT2D eigenvalue weighted by atomic mass is 19.1. The number of halogens is 2. The average molecular weight is 282 g/mol. The lowest BCUT2D eigenvalue weighted by Crippen LogP contribution is -2.45. The molecular weight excluding hydrogens is 258 g/mol. The summed E-state index contributed by atoms with van der Waals surface area (Å²) in [6.07, 6.45) is 2.11. The van der Waals surface area contributed by atoms with Gasteiger partial charge in [-0.15, -0.1) is 0 Å². The summed E-state index contributed by atoms with van der Waals surface area (Å²) in [7, 11) is 0. The van der Waals surface area contributed by atoms with Crippen LogP contribution in [-0.4, -0.2) is 30.1 Å². The van der Waals surface area contributed by atoms with Gasteiger partial charge in [-0.25, -0.2) is 8.78 Å². The fourth-order valence-corrected chi connectivity index (χ4v) is 2.87. The Hall–Kier alpha value is -1.00. The van der Waals surface area contributed by atoms with Gasteiger partial charge in [-0.05, 0) is 64.9 Å². The Morgan fingerprint density at radius 3 is 2.40 bits per heavy atom. The van der Waals surface area contributed by atoms with Crippen LogP contribution in [-0.2, 0) is 0 Å². The number of hydrogen-bond donors (Lipinski definition) is 1. The number of nitrogens with one attached hydrogen (secondary N) is 1.